The lowest BCUT2D eigenvalue weighted by molar-refractivity contribution is -0.136. The van der Waals surface area contributed by atoms with Crippen LogP contribution in [0.2, 0.25) is 0 Å². The minimum Gasteiger partial charge on any atom is -0.351 e. The molecule has 8 nitrogen and oxygen atoms in total. The van der Waals surface area contributed by atoms with Gasteiger partial charge in [0, 0.05) is 37.8 Å². The molecule has 0 bridgehead atoms. The van der Waals surface area contributed by atoms with Crippen LogP contribution >= 0.6 is 0 Å². The van der Waals surface area contributed by atoms with Crippen molar-refractivity contribution in [2.45, 2.75) is 23.4 Å². The maximum Gasteiger partial charge on any atom is 0.243 e. The first kappa shape index (κ1) is 30.1. The molecule has 0 saturated carbocycles. The van der Waals surface area contributed by atoms with Crippen LogP contribution in [-0.4, -0.2) is 60.1 Å². The summed E-state index contributed by atoms with van der Waals surface area (Å²) in [4.78, 5) is 33.9. The van der Waals surface area contributed by atoms with E-state index in [2.05, 4.69) is 10.3 Å². The molecule has 6 rings (SSSR count). The summed E-state index contributed by atoms with van der Waals surface area (Å²) in [5, 5.41) is 3.46. The topological polar surface area (TPSA) is 99.7 Å². The van der Waals surface area contributed by atoms with Crippen LogP contribution in [0.1, 0.15) is 22.6 Å². The summed E-state index contributed by atoms with van der Waals surface area (Å²) < 4.78 is 42.8. The van der Waals surface area contributed by atoms with Gasteiger partial charge in [0.15, 0.2) is 0 Å². The number of hydrogen-bond acceptors (Lipinski definition) is 5. The summed E-state index contributed by atoms with van der Waals surface area (Å²) in [5.74, 6) is -1.82. The van der Waals surface area contributed by atoms with Crippen molar-refractivity contribution in [2.24, 2.45) is 0 Å². The Morgan fingerprint density at radius 2 is 1.51 bits per heavy atom. The highest BCUT2D eigenvalue weighted by molar-refractivity contribution is 7.89. The summed E-state index contributed by atoms with van der Waals surface area (Å²) in [6.07, 6.45) is 1.63. The lowest BCUT2D eigenvalue weighted by Crippen LogP contribution is -2.61. The molecule has 1 aliphatic heterocycles. The molecule has 0 aliphatic carbocycles. The van der Waals surface area contributed by atoms with Crippen LogP contribution in [0.5, 0.6) is 0 Å². The first-order chi connectivity index (χ1) is 21.8. The van der Waals surface area contributed by atoms with Crippen molar-refractivity contribution in [2.75, 3.05) is 19.6 Å². The Hall–Kier alpha value is -4.93. The van der Waals surface area contributed by atoms with Crippen molar-refractivity contribution in [1.29, 1.82) is 0 Å². The zero-order valence-corrected chi connectivity index (χ0v) is 25.1. The highest BCUT2D eigenvalue weighted by Gasteiger charge is 2.42. The normalized spacial score (nSPS) is 15.7. The van der Waals surface area contributed by atoms with Gasteiger partial charge in [-0.3, -0.25) is 14.6 Å². The summed E-state index contributed by atoms with van der Waals surface area (Å²) >= 11 is 0. The molecule has 228 valence electrons. The third-order valence-electron chi connectivity index (χ3n) is 8.02. The fraction of sp³-hybridized carbons (Fsp3) is 0.171. The number of nitrogens with one attached hydrogen (secondary N) is 1. The number of carbonyl (C=O) groups is 2. The number of amides is 2. The Morgan fingerprint density at radius 1 is 0.844 bits per heavy atom. The Labute approximate surface area is 261 Å². The van der Waals surface area contributed by atoms with Gasteiger partial charge in [0.1, 0.15) is 11.9 Å². The predicted octanol–water partition coefficient (Wildman–Crippen LogP) is 4.72. The standard InChI is InChI=1S/C35H31FN4O4S/c36-29-15-13-25(14-16-29)23-38-34(41)32-24-39(35(42)33(26-8-3-1-4-9-26)27-10-5-2-6-11-27)20-21-40(32)45(43,44)30-17-18-31-28(22-30)12-7-19-37-31/h1-19,22,32-33H,20-21,23-24H2,(H,38,41). The second-order valence-electron chi connectivity index (χ2n) is 10.9. The summed E-state index contributed by atoms with van der Waals surface area (Å²) in [6.45, 7) is -0.0520. The van der Waals surface area contributed by atoms with Gasteiger partial charge in [-0.25, -0.2) is 12.8 Å². The van der Waals surface area contributed by atoms with Crippen molar-refractivity contribution in [3.63, 3.8) is 0 Å². The van der Waals surface area contributed by atoms with Gasteiger partial charge in [-0.05, 0) is 53.1 Å². The van der Waals surface area contributed by atoms with Crippen LogP contribution in [0.4, 0.5) is 4.39 Å². The number of nitrogens with zero attached hydrogens (tertiary/aromatic N) is 3. The fourth-order valence-corrected chi connectivity index (χ4v) is 7.28. The first-order valence-corrected chi connectivity index (χ1v) is 16.0. The lowest BCUT2D eigenvalue weighted by atomic mass is 9.89. The van der Waals surface area contributed by atoms with Crippen molar-refractivity contribution in [3.05, 3.63) is 144 Å². The molecule has 1 atom stereocenters. The molecular formula is C35H31FN4O4S. The molecule has 2 heterocycles. The van der Waals surface area contributed by atoms with Crippen LogP contribution in [0.15, 0.2) is 126 Å². The van der Waals surface area contributed by atoms with E-state index >= 15 is 0 Å². The van der Waals surface area contributed by atoms with E-state index in [9.17, 15) is 22.4 Å². The number of rotatable bonds is 8. The van der Waals surface area contributed by atoms with E-state index in [0.717, 1.165) is 11.1 Å². The minimum atomic E-state index is -4.15. The number of sulfonamides is 1. The molecule has 1 fully saturated rings. The highest BCUT2D eigenvalue weighted by Crippen LogP contribution is 2.30. The number of fused-ring (bicyclic) bond motifs is 1. The molecule has 1 aliphatic rings. The average molecular weight is 623 g/mol. The molecular weight excluding hydrogens is 591 g/mol. The van der Waals surface area contributed by atoms with E-state index in [1.165, 1.54) is 22.5 Å². The molecule has 0 spiro atoms. The highest BCUT2D eigenvalue weighted by atomic mass is 32.2. The smallest absolute Gasteiger partial charge is 0.243 e. The zero-order valence-electron chi connectivity index (χ0n) is 24.3. The van der Waals surface area contributed by atoms with E-state index in [4.69, 9.17) is 0 Å². The minimum absolute atomic E-state index is 0.0329. The predicted molar refractivity (Wildman–Crippen MR) is 169 cm³/mol. The van der Waals surface area contributed by atoms with Crippen LogP contribution in [0.25, 0.3) is 10.9 Å². The molecule has 4 aromatic carbocycles. The maximum atomic E-state index is 14.2. The number of halogens is 1. The van der Waals surface area contributed by atoms with E-state index < -0.39 is 33.7 Å². The molecule has 2 amide bonds. The van der Waals surface area contributed by atoms with Gasteiger partial charge in [-0.1, -0.05) is 78.9 Å². The fourth-order valence-electron chi connectivity index (χ4n) is 5.68. The van der Waals surface area contributed by atoms with Crippen molar-refractivity contribution >= 4 is 32.7 Å². The molecule has 1 N–H and O–H groups in total. The Bertz CT molecular complexity index is 1880. The maximum absolute atomic E-state index is 14.2. The van der Waals surface area contributed by atoms with Crippen LogP contribution in [-0.2, 0) is 26.2 Å². The summed E-state index contributed by atoms with van der Waals surface area (Å²) in [6, 6.07) is 31.4. The first-order valence-electron chi connectivity index (χ1n) is 14.6. The summed E-state index contributed by atoms with van der Waals surface area (Å²) in [5.41, 5.74) is 2.89. The molecule has 1 aromatic heterocycles. The average Bonchev–Trinajstić information content (AvgIpc) is 3.08. The number of carbonyl (C=O) groups excluding carboxylic acids is 2. The van der Waals surface area contributed by atoms with E-state index in [0.29, 0.717) is 16.5 Å². The SMILES string of the molecule is O=C(NCc1ccc(F)cc1)C1CN(C(=O)C(c2ccccc2)c2ccccc2)CCN1S(=O)(=O)c1ccc2ncccc2c1. The van der Waals surface area contributed by atoms with Crippen LogP contribution < -0.4 is 5.32 Å². The molecule has 1 unspecified atom stereocenters. The second-order valence-corrected chi connectivity index (χ2v) is 12.8. The number of pyridine rings is 1. The van der Waals surface area contributed by atoms with Crippen LogP contribution in [0.3, 0.4) is 0 Å². The Balaban J connectivity index is 1.32. The van der Waals surface area contributed by atoms with E-state index in [1.807, 2.05) is 60.7 Å². The number of piperazine rings is 1. The van der Waals surface area contributed by atoms with Crippen molar-refractivity contribution in [1.82, 2.24) is 19.5 Å². The number of aromatic nitrogens is 1. The van der Waals surface area contributed by atoms with Gasteiger partial charge in [-0.2, -0.15) is 4.31 Å². The molecule has 10 heteroatoms. The van der Waals surface area contributed by atoms with Crippen molar-refractivity contribution < 1.29 is 22.4 Å². The van der Waals surface area contributed by atoms with Gasteiger partial charge in [0.05, 0.1) is 16.3 Å². The van der Waals surface area contributed by atoms with Gasteiger partial charge < -0.3 is 10.2 Å². The molecule has 45 heavy (non-hydrogen) atoms. The Morgan fingerprint density at radius 3 is 2.18 bits per heavy atom. The molecule has 5 aromatic rings. The van der Waals surface area contributed by atoms with E-state index in [1.54, 1.807) is 47.5 Å². The largest absolute Gasteiger partial charge is 0.351 e. The molecule has 1 saturated heterocycles. The van der Waals surface area contributed by atoms with Gasteiger partial charge >= 0.3 is 0 Å². The third-order valence-corrected chi connectivity index (χ3v) is 9.92. The summed E-state index contributed by atoms with van der Waals surface area (Å²) in [7, 11) is -4.15. The van der Waals surface area contributed by atoms with Crippen LogP contribution in [0, 0.1) is 5.82 Å². The third kappa shape index (κ3) is 6.47. The van der Waals surface area contributed by atoms with Gasteiger partial charge in [0.25, 0.3) is 0 Å². The monoisotopic (exact) mass is 622 g/mol. The quantitative estimate of drug-likeness (QED) is 0.270. The zero-order chi connectivity index (χ0) is 31.4. The lowest BCUT2D eigenvalue weighted by Gasteiger charge is -2.40. The van der Waals surface area contributed by atoms with Crippen molar-refractivity contribution in [3.8, 4) is 0 Å². The van der Waals surface area contributed by atoms with Gasteiger partial charge in [0.2, 0.25) is 21.8 Å². The number of hydrogen-bond donors (Lipinski definition) is 1. The second kappa shape index (κ2) is 13.0. The van der Waals surface area contributed by atoms with Gasteiger partial charge in [-0.15, -0.1) is 0 Å². The Kier molecular flexibility index (Phi) is 8.68. The van der Waals surface area contributed by atoms with E-state index in [-0.39, 0.29) is 37.0 Å². The molecule has 0 radical (unpaired) electrons. The number of benzene rings is 4.